The van der Waals surface area contributed by atoms with E-state index >= 15 is 4.39 Å². The number of pyridine rings is 1. The van der Waals surface area contributed by atoms with E-state index < -0.39 is 17.5 Å². The molecule has 0 N–H and O–H groups in total. The number of alkyl halides is 1. The second kappa shape index (κ2) is 11.2. The molecule has 0 spiro atoms. The molecule has 11 heteroatoms. The van der Waals surface area contributed by atoms with E-state index in [1.165, 1.54) is 6.08 Å². The first-order valence-corrected chi connectivity index (χ1v) is 15.4. The summed E-state index contributed by atoms with van der Waals surface area (Å²) in [7, 11) is 1.87. The number of ether oxygens (including phenoxy) is 1. The molecule has 5 heterocycles. The van der Waals surface area contributed by atoms with Gasteiger partial charge in [-0.2, -0.15) is 9.97 Å². The zero-order valence-corrected chi connectivity index (χ0v) is 25.2. The van der Waals surface area contributed by atoms with Gasteiger partial charge in [-0.05, 0) is 43.3 Å². The van der Waals surface area contributed by atoms with Crippen molar-refractivity contribution in [1.29, 1.82) is 0 Å². The molecule has 3 saturated heterocycles. The number of halogens is 3. The smallest absolute Gasteiger partial charge is 0.319 e. The average molecular weight is 619 g/mol. The third-order valence-corrected chi connectivity index (χ3v) is 9.83. The molecule has 3 aliphatic rings. The molecule has 1 amide bonds. The first kappa shape index (κ1) is 28.9. The van der Waals surface area contributed by atoms with Gasteiger partial charge < -0.3 is 14.5 Å². The molecular formula is C33H33ClF2N6O2. The van der Waals surface area contributed by atoms with Crippen molar-refractivity contribution >= 4 is 45.0 Å². The van der Waals surface area contributed by atoms with Crippen LogP contribution >= 0.6 is 11.6 Å². The van der Waals surface area contributed by atoms with Crippen LogP contribution in [0.25, 0.3) is 32.9 Å². The van der Waals surface area contributed by atoms with Gasteiger partial charge in [-0.3, -0.25) is 14.7 Å². The van der Waals surface area contributed by atoms with Crippen molar-refractivity contribution in [3.05, 3.63) is 66.1 Å². The Hall–Kier alpha value is -3.89. The second-order valence-electron chi connectivity index (χ2n) is 12.1. The second-order valence-corrected chi connectivity index (χ2v) is 12.5. The highest BCUT2D eigenvalue weighted by Gasteiger charge is 2.49. The molecule has 0 aliphatic carbocycles. The van der Waals surface area contributed by atoms with Crippen LogP contribution in [0, 0.1) is 5.82 Å². The largest absolute Gasteiger partial charge is 0.461 e. The zero-order valence-electron chi connectivity index (χ0n) is 24.5. The Labute approximate surface area is 259 Å². The monoisotopic (exact) mass is 618 g/mol. The van der Waals surface area contributed by atoms with Gasteiger partial charge in [0.2, 0.25) is 5.91 Å². The fourth-order valence-electron chi connectivity index (χ4n) is 7.24. The lowest BCUT2D eigenvalue weighted by Gasteiger charge is -2.31. The summed E-state index contributed by atoms with van der Waals surface area (Å²) in [4.78, 5) is 32.0. The number of amides is 1. The standard InChI is InChI=1S/C33H33ClF2N6O2/c1-3-26(43)41-14-11-22(18-41)40(2)31-24-16-37-29(23-9-4-7-20-8-5-10-25(34)27(20)23)28(36)30(24)38-32(39-31)44-19-33-12-6-13-42(33)17-21(35)15-33/h3-5,7-10,16,21-22H,1,6,11-15,17-19H2,2H3/t21-,22-,33+/m1/s1. The predicted octanol–water partition coefficient (Wildman–Crippen LogP) is 5.82. The Kier molecular flexibility index (Phi) is 7.37. The van der Waals surface area contributed by atoms with Crippen LogP contribution in [0.1, 0.15) is 25.7 Å². The molecule has 7 rings (SSSR count). The Morgan fingerprint density at radius 1 is 1.23 bits per heavy atom. The van der Waals surface area contributed by atoms with Crippen molar-refractivity contribution in [3.8, 4) is 17.3 Å². The van der Waals surface area contributed by atoms with Gasteiger partial charge in [-0.15, -0.1) is 0 Å². The third kappa shape index (κ3) is 4.84. The van der Waals surface area contributed by atoms with Crippen molar-refractivity contribution in [2.75, 3.05) is 44.7 Å². The Bertz CT molecular complexity index is 1780. The highest BCUT2D eigenvalue weighted by atomic mass is 35.5. The van der Waals surface area contributed by atoms with Gasteiger partial charge in [0.1, 0.15) is 29.8 Å². The summed E-state index contributed by atoms with van der Waals surface area (Å²) >= 11 is 6.58. The van der Waals surface area contributed by atoms with E-state index in [-0.39, 0.29) is 35.8 Å². The van der Waals surface area contributed by atoms with Crippen molar-refractivity contribution < 1.29 is 18.3 Å². The summed E-state index contributed by atoms with van der Waals surface area (Å²) in [5, 5.41) is 2.48. The minimum Gasteiger partial charge on any atom is -0.461 e. The molecule has 0 radical (unpaired) electrons. The van der Waals surface area contributed by atoms with Crippen molar-refractivity contribution in [2.24, 2.45) is 0 Å². The maximum atomic E-state index is 16.6. The van der Waals surface area contributed by atoms with Gasteiger partial charge in [-0.25, -0.2) is 8.78 Å². The molecule has 0 bridgehead atoms. The maximum absolute atomic E-state index is 16.6. The minimum atomic E-state index is -0.902. The van der Waals surface area contributed by atoms with Crippen molar-refractivity contribution in [1.82, 2.24) is 24.8 Å². The van der Waals surface area contributed by atoms with Crippen LogP contribution in [-0.2, 0) is 4.79 Å². The number of anilines is 1. The molecule has 0 saturated carbocycles. The van der Waals surface area contributed by atoms with E-state index in [0.717, 1.165) is 24.8 Å². The number of likely N-dealkylation sites (tertiary alicyclic amines) is 1. The summed E-state index contributed by atoms with van der Waals surface area (Å²) in [6.07, 6.45) is 4.90. The highest BCUT2D eigenvalue weighted by molar-refractivity contribution is 6.36. The molecule has 0 unspecified atom stereocenters. The number of nitrogens with zero attached hydrogens (tertiary/aromatic N) is 6. The average Bonchev–Trinajstić information content (AvgIpc) is 3.74. The van der Waals surface area contributed by atoms with E-state index in [4.69, 9.17) is 21.3 Å². The number of hydrogen-bond donors (Lipinski definition) is 0. The lowest BCUT2D eigenvalue weighted by Crippen LogP contribution is -2.43. The highest BCUT2D eigenvalue weighted by Crippen LogP contribution is 2.41. The number of fused-ring (bicyclic) bond motifs is 3. The molecule has 2 aromatic carbocycles. The van der Waals surface area contributed by atoms with E-state index in [1.807, 2.05) is 36.2 Å². The normalized spacial score (nSPS) is 23.4. The van der Waals surface area contributed by atoms with Crippen LogP contribution in [0.4, 0.5) is 14.6 Å². The van der Waals surface area contributed by atoms with E-state index in [2.05, 4.69) is 21.4 Å². The molecule has 8 nitrogen and oxygen atoms in total. The van der Waals surface area contributed by atoms with E-state index in [9.17, 15) is 9.18 Å². The van der Waals surface area contributed by atoms with Crippen molar-refractivity contribution in [2.45, 2.75) is 43.4 Å². The molecule has 3 fully saturated rings. The lowest BCUT2D eigenvalue weighted by molar-refractivity contribution is -0.125. The van der Waals surface area contributed by atoms with Gasteiger partial charge in [0.05, 0.1) is 10.9 Å². The first-order chi connectivity index (χ1) is 21.3. The lowest BCUT2D eigenvalue weighted by atomic mass is 9.95. The molecule has 3 atom stereocenters. The topological polar surface area (TPSA) is 74.7 Å². The molecule has 228 valence electrons. The quantitative estimate of drug-likeness (QED) is 0.242. The van der Waals surface area contributed by atoms with E-state index in [1.54, 1.807) is 23.2 Å². The van der Waals surface area contributed by atoms with Gasteiger partial charge >= 0.3 is 6.01 Å². The van der Waals surface area contributed by atoms with Crippen LogP contribution < -0.4 is 9.64 Å². The van der Waals surface area contributed by atoms with Crippen LogP contribution in [0.5, 0.6) is 6.01 Å². The zero-order chi connectivity index (χ0) is 30.6. The maximum Gasteiger partial charge on any atom is 0.319 e. The summed E-state index contributed by atoms with van der Waals surface area (Å²) in [5.74, 6) is -0.295. The Morgan fingerprint density at radius 3 is 2.86 bits per heavy atom. The summed E-state index contributed by atoms with van der Waals surface area (Å²) in [5.41, 5.74) is 0.328. The Morgan fingerprint density at radius 2 is 2.05 bits per heavy atom. The fraction of sp³-hybridized carbons (Fsp3) is 0.394. The number of aromatic nitrogens is 3. The number of carbonyl (C=O) groups is 1. The van der Waals surface area contributed by atoms with Crippen LogP contribution in [0.2, 0.25) is 5.02 Å². The van der Waals surface area contributed by atoms with Crippen molar-refractivity contribution in [3.63, 3.8) is 0 Å². The summed E-state index contributed by atoms with van der Waals surface area (Å²) < 4.78 is 37.3. The SMILES string of the molecule is C=CC(=O)N1CC[C@@H](N(C)c2nc(OC[C@@]34CCCN3C[C@H](F)C4)nc3c(F)c(-c4cccc5cccc(Cl)c45)ncc23)C1. The fourth-order valence-corrected chi connectivity index (χ4v) is 7.53. The number of rotatable bonds is 7. The minimum absolute atomic E-state index is 0.0203. The molecule has 4 aromatic rings. The van der Waals surface area contributed by atoms with E-state index in [0.29, 0.717) is 59.7 Å². The number of benzene rings is 2. The molecule has 3 aliphatic heterocycles. The summed E-state index contributed by atoms with van der Waals surface area (Å²) in [6.45, 7) is 6.10. The van der Waals surface area contributed by atoms with Crippen LogP contribution in [0.15, 0.2) is 55.3 Å². The number of likely N-dealkylation sites (N-methyl/N-ethyl adjacent to an activating group) is 1. The van der Waals surface area contributed by atoms with Gasteiger partial charge in [0, 0.05) is 61.3 Å². The predicted molar refractivity (Wildman–Crippen MR) is 167 cm³/mol. The number of carbonyl (C=O) groups excluding carboxylic acids is 1. The number of hydrogen-bond acceptors (Lipinski definition) is 7. The first-order valence-electron chi connectivity index (χ1n) is 15.0. The summed E-state index contributed by atoms with van der Waals surface area (Å²) in [6, 6.07) is 11.0. The molecule has 44 heavy (non-hydrogen) atoms. The van der Waals surface area contributed by atoms with Gasteiger partial charge in [0.15, 0.2) is 5.82 Å². The van der Waals surface area contributed by atoms with Gasteiger partial charge in [0.25, 0.3) is 0 Å². The van der Waals surface area contributed by atoms with Gasteiger partial charge in [-0.1, -0.05) is 48.5 Å². The third-order valence-electron chi connectivity index (χ3n) is 9.51. The molecule has 2 aromatic heterocycles. The molecular weight excluding hydrogens is 586 g/mol. The van der Waals surface area contributed by atoms with Crippen LogP contribution in [-0.4, -0.2) is 88.2 Å². The van der Waals surface area contributed by atoms with Crippen LogP contribution in [0.3, 0.4) is 0 Å². The Balaban J connectivity index is 1.32.